The van der Waals surface area contributed by atoms with Crippen molar-refractivity contribution in [3.8, 4) is 16.3 Å². The molecular formula is C33H32N4O2S. The Hall–Kier alpha value is -4.20. The molecule has 0 unspecified atom stereocenters. The normalized spacial score (nSPS) is 13.9. The van der Waals surface area contributed by atoms with Gasteiger partial charge in [0.2, 0.25) is 0 Å². The summed E-state index contributed by atoms with van der Waals surface area (Å²) >= 11 is 1.69. The molecule has 6 rings (SSSR count). The van der Waals surface area contributed by atoms with E-state index in [1.807, 2.05) is 48.5 Å². The lowest BCUT2D eigenvalue weighted by atomic mass is 10.1. The van der Waals surface area contributed by atoms with Gasteiger partial charge in [0.15, 0.2) is 0 Å². The average Bonchev–Trinajstić information content (AvgIpc) is 3.41. The molecule has 0 spiro atoms. The number of rotatable bonds is 7. The van der Waals surface area contributed by atoms with E-state index in [0.29, 0.717) is 5.56 Å². The Balaban J connectivity index is 1.03. The zero-order valence-corrected chi connectivity index (χ0v) is 23.6. The van der Waals surface area contributed by atoms with Crippen molar-refractivity contribution < 1.29 is 9.53 Å². The largest absolute Gasteiger partial charge is 0.495 e. The average molecular weight is 549 g/mol. The third-order valence-electron chi connectivity index (χ3n) is 7.35. The van der Waals surface area contributed by atoms with E-state index in [4.69, 9.17) is 9.72 Å². The topological polar surface area (TPSA) is 57.7 Å². The molecule has 1 aromatic heterocycles. The molecular weight excluding hydrogens is 516 g/mol. The first kappa shape index (κ1) is 26.0. The first-order chi connectivity index (χ1) is 19.6. The van der Waals surface area contributed by atoms with Gasteiger partial charge in [0, 0.05) is 49.5 Å². The SMILES string of the molecule is COc1ccccc1N1CCN(Cc2ccc(C(=O)Nc3ccc(-c4nc5ccc(C)cc5s4)cc3)cc2)CC1. The number of aryl methyl sites for hydroxylation is 1. The number of thiazole rings is 1. The van der Waals surface area contributed by atoms with Gasteiger partial charge >= 0.3 is 0 Å². The molecule has 1 saturated heterocycles. The lowest BCUT2D eigenvalue weighted by molar-refractivity contribution is 0.102. The van der Waals surface area contributed by atoms with Crippen LogP contribution < -0.4 is 15.0 Å². The third-order valence-corrected chi connectivity index (χ3v) is 8.42. The number of aromatic nitrogens is 1. The number of para-hydroxylation sites is 2. The second-order valence-electron chi connectivity index (χ2n) is 10.2. The number of hydrogen-bond acceptors (Lipinski definition) is 6. The molecule has 2 heterocycles. The Labute approximate surface area is 238 Å². The molecule has 1 N–H and O–H groups in total. The number of amides is 1. The fourth-order valence-corrected chi connectivity index (χ4v) is 6.18. The van der Waals surface area contributed by atoms with E-state index in [9.17, 15) is 4.79 Å². The summed E-state index contributed by atoms with van der Waals surface area (Å²) in [5.41, 5.74) is 7.07. The van der Waals surface area contributed by atoms with E-state index in [0.717, 1.165) is 65.9 Å². The van der Waals surface area contributed by atoms with E-state index in [1.54, 1.807) is 18.4 Å². The molecule has 6 nitrogen and oxygen atoms in total. The highest BCUT2D eigenvalue weighted by Crippen LogP contribution is 2.31. The summed E-state index contributed by atoms with van der Waals surface area (Å²) in [7, 11) is 1.72. The van der Waals surface area contributed by atoms with Gasteiger partial charge in [0.1, 0.15) is 10.8 Å². The van der Waals surface area contributed by atoms with Crippen molar-refractivity contribution in [2.45, 2.75) is 13.5 Å². The summed E-state index contributed by atoms with van der Waals surface area (Å²) in [6, 6.07) is 30.3. The standard InChI is InChI=1S/C33H32N4O2S/c1-23-7-16-28-31(21-23)40-33(35-28)26-12-14-27(15-13-26)34-32(38)25-10-8-24(9-11-25)22-36-17-19-37(20-18-36)29-5-3-4-6-30(29)39-2/h3-16,21H,17-20,22H2,1-2H3,(H,34,38). The highest BCUT2D eigenvalue weighted by atomic mass is 32.1. The van der Waals surface area contributed by atoms with Crippen LogP contribution in [0.4, 0.5) is 11.4 Å². The van der Waals surface area contributed by atoms with Crippen LogP contribution in [0.25, 0.3) is 20.8 Å². The fraction of sp³-hybridized carbons (Fsp3) is 0.212. The monoisotopic (exact) mass is 548 g/mol. The number of hydrogen-bond donors (Lipinski definition) is 1. The molecule has 1 aliphatic rings. The third kappa shape index (κ3) is 5.71. The van der Waals surface area contributed by atoms with Crippen LogP contribution in [0.3, 0.4) is 0 Å². The lowest BCUT2D eigenvalue weighted by Crippen LogP contribution is -2.46. The Kier molecular flexibility index (Phi) is 7.49. The predicted octanol–water partition coefficient (Wildman–Crippen LogP) is 6.85. The minimum atomic E-state index is -0.111. The molecule has 1 amide bonds. The van der Waals surface area contributed by atoms with Crippen molar-refractivity contribution in [2.24, 2.45) is 0 Å². The summed E-state index contributed by atoms with van der Waals surface area (Å²) in [5, 5.41) is 4.00. The quantitative estimate of drug-likeness (QED) is 0.241. The first-order valence-electron chi connectivity index (χ1n) is 13.5. The Bertz CT molecular complexity index is 1620. The second-order valence-corrected chi connectivity index (χ2v) is 11.2. The van der Waals surface area contributed by atoms with Gasteiger partial charge in [-0.15, -0.1) is 11.3 Å². The minimum absolute atomic E-state index is 0.111. The molecule has 0 saturated carbocycles. The van der Waals surface area contributed by atoms with E-state index in [-0.39, 0.29) is 5.91 Å². The molecule has 40 heavy (non-hydrogen) atoms. The molecule has 1 fully saturated rings. The van der Waals surface area contributed by atoms with Crippen LogP contribution in [0.1, 0.15) is 21.5 Å². The summed E-state index contributed by atoms with van der Waals surface area (Å²) in [6.45, 7) is 6.83. The molecule has 4 aromatic carbocycles. The van der Waals surface area contributed by atoms with E-state index >= 15 is 0 Å². The number of nitrogens with one attached hydrogen (secondary N) is 1. The van der Waals surface area contributed by atoms with Crippen molar-refractivity contribution in [3.05, 3.63) is 108 Å². The fourth-order valence-electron chi connectivity index (χ4n) is 5.11. The molecule has 0 aliphatic carbocycles. The Morgan fingerprint density at radius 1 is 0.925 bits per heavy atom. The molecule has 5 aromatic rings. The van der Waals surface area contributed by atoms with Crippen LogP contribution in [0.2, 0.25) is 0 Å². The van der Waals surface area contributed by atoms with E-state index in [2.05, 4.69) is 64.5 Å². The van der Waals surface area contributed by atoms with Crippen molar-refractivity contribution >= 4 is 38.8 Å². The van der Waals surface area contributed by atoms with Gasteiger partial charge in [-0.05, 0) is 78.7 Å². The van der Waals surface area contributed by atoms with Crippen molar-refractivity contribution in [1.29, 1.82) is 0 Å². The number of methoxy groups -OCH3 is 1. The van der Waals surface area contributed by atoms with E-state index in [1.165, 1.54) is 15.8 Å². The first-order valence-corrected chi connectivity index (χ1v) is 14.4. The van der Waals surface area contributed by atoms with Crippen LogP contribution in [0.15, 0.2) is 91.0 Å². The molecule has 0 bridgehead atoms. The highest BCUT2D eigenvalue weighted by molar-refractivity contribution is 7.21. The Morgan fingerprint density at radius 2 is 1.68 bits per heavy atom. The van der Waals surface area contributed by atoms with Crippen LogP contribution in [-0.2, 0) is 6.54 Å². The van der Waals surface area contributed by atoms with Crippen molar-refractivity contribution in [3.63, 3.8) is 0 Å². The number of nitrogens with zero attached hydrogens (tertiary/aromatic N) is 3. The summed E-state index contributed by atoms with van der Waals surface area (Å²) in [4.78, 5) is 22.5. The van der Waals surface area contributed by atoms with Gasteiger partial charge in [-0.1, -0.05) is 30.3 Å². The van der Waals surface area contributed by atoms with Gasteiger partial charge in [-0.2, -0.15) is 0 Å². The zero-order valence-electron chi connectivity index (χ0n) is 22.8. The summed E-state index contributed by atoms with van der Waals surface area (Å²) in [6.07, 6.45) is 0. The van der Waals surface area contributed by atoms with Gasteiger partial charge in [0.05, 0.1) is 23.0 Å². The van der Waals surface area contributed by atoms with Crippen molar-refractivity contribution in [1.82, 2.24) is 9.88 Å². The number of carbonyl (C=O) groups excluding carboxylic acids is 1. The van der Waals surface area contributed by atoms with Crippen LogP contribution in [0, 0.1) is 6.92 Å². The Morgan fingerprint density at radius 3 is 2.42 bits per heavy atom. The van der Waals surface area contributed by atoms with Gasteiger partial charge in [-0.3, -0.25) is 9.69 Å². The summed E-state index contributed by atoms with van der Waals surface area (Å²) < 4.78 is 6.72. The van der Waals surface area contributed by atoms with Crippen molar-refractivity contribution in [2.75, 3.05) is 43.5 Å². The number of benzene rings is 4. The molecule has 0 atom stereocenters. The smallest absolute Gasteiger partial charge is 0.255 e. The second kappa shape index (κ2) is 11.5. The number of fused-ring (bicyclic) bond motifs is 1. The number of piperazine rings is 1. The van der Waals surface area contributed by atoms with Crippen LogP contribution in [-0.4, -0.2) is 49.1 Å². The number of ether oxygens (including phenoxy) is 1. The molecule has 0 radical (unpaired) electrons. The van der Waals surface area contributed by atoms with Gasteiger partial charge in [-0.25, -0.2) is 4.98 Å². The number of carbonyl (C=O) groups is 1. The van der Waals surface area contributed by atoms with Crippen LogP contribution >= 0.6 is 11.3 Å². The maximum Gasteiger partial charge on any atom is 0.255 e. The molecule has 202 valence electrons. The summed E-state index contributed by atoms with van der Waals surface area (Å²) in [5.74, 6) is 0.809. The van der Waals surface area contributed by atoms with Gasteiger partial charge < -0.3 is 15.0 Å². The van der Waals surface area contributed by atoms with Crippen LogP contribution in [0.5, 0.6) is 5.75 Å². The minimum Gasteiger partial charge on any atom is -0.495 e. The number of anilines is 2. The maximum absolute atomic E-state index is 12.9. The zero-order chi connectivity index (χ0) is 27.5. The lowest BCUT2D eigenvalue weighted by Gasteiger charge is -2.36. The molecule has 7 heteroatoms. The van der Waals surface area contributed by atoms with E-state index < -0.39 is 0 Å². The maximum atomic E-state index is 12.9. The predicted molar refractivity (Wildman–Crippen MR) is 165 cm³/mol. The van der Waals surface area contributed by atoms with Gasteiger partial charge in [0.25, 0.3) is 5.91 Å². The molecule has 1 aliphatic heterocycles. The highest BCUT2D eigenvalue weighted by Gasteiger charge is 2.19.